The molecule has 6 nitrogen and oxygen atoms in total. The number of methoxy groups -OCH3 is 1. The first-order chi connectivity index (χ1) is 16.7. The van der Waals surface area contributed by atoms with Gasteiger partial charge in [0, 0.05) is 41.6 Å². The van der Waals surface area contributed by atoms with Crippen LogP contribution < -0.4 is 14.4 Å². The van der Waals surface area contributed by atoms with Gasteiger partial charge in [0.15, 0.2) is 11.5 Å². The maximum Gasteiger partial charge on any atom is 0.302 e. The second kappa shape index (κ2) is 11.0. The van der Waals surface area contributed by atoms with Crippen LogP contribution in [0.25, 0.3) is 0 Å². The van der Waals surface area contributed by atoms with Gasteiger partial charge in [0.05, 0.1) is 25.5 Å². The molecule has 8 heteroatoms. The molecule has 0 spiro atoms. The van der Waals surface area contributed by atoms with Crippen molar-refractivity contribution in [2.24, 2.45) is 5.10 Å². The van der Waals surface area contributed by atoms with Gasteiger partial charge in [-0.25, -0.2) is 5.01 Å². The highest BCUT2D eigenvalue weighted by Crippen LogP contribution is 2.34. The number of ether oxygens (including phenoxy) is 2. The number of amides is 1. The van der Waals surface area contributed by atoms with E-state index >= 15 is 0 Å². The number of hydrogen-bond donors (Lipinski definition) is 0. The highest BCUT2D eigenvalue weighted by molar-refractivity contribution is 8.14. The van der Waals surface area contributed by atoms with Crippen molar-refractivity contribution in [1.29, 1.82) is 0 Å². The Morgan fingerprint density at radius 2 is 1.79 bits per heavy atom. The molecule has 0 atom stereocenters. The summed E-state index contributed by atoms with van der Waals surface area (Å²) in [5.41, 5.74) is 4.18. The number of carbonyl (C=O) groups is 1. The molecule has 5 rings (SSSR count). The van der Waals surface area contributed by atoms with E-state index in [-0.39, 0.29) is 11.3 Å². The average Bonchev–Trinajstić information content (AvgIpc) is 3.39. The topological polar surface area (TPSA) is 54.4 Å². The van der Waals surface area contributed by atoms with E-state index < -0.39 is 0 Å². The maximum absolute atomic E-state index is 12.6. The molecule has 1 aliphatic carbocycles. The largest absolute Gasteiger partial charge is 0.493 e. The van der Waals surface area contributed by atoms with E-state index in [4.69, 9.17) is 14.6 Å². The minimum Gasteiger partial charge on any atom is -0.493 e. The first-order valence-electron chi connectivity index (χ1n) is 12.0. The maximum atomic E-state index is 12.6. The van der Waals surface area contributed by atoms with E-state index in [0.29, 0.717) is 12.3 Å². The summed E-state index contributed by atoms with van der Waals surface area (Å²) in [7, 11) is 1.67. The molecule has 0 radical (unpaired) electrons. The predicted molar refractivity (Wildman–Crippen MR) is 142 cm³/mol. The third-order valence-corrected chi connectivity index (χ3v) is 8.34. The zero-order valence-electron chi connectivity index (χ0n) is 19.6. The molecular weight excluding hydrogens is 466 g/mol. The van der Waals surface area contributed by atoms with E-state index in [9.17, 15) is 4.79 Å². The lowest BCUT2D eigenvalue weighted by atomic mass is 10.1. The number of hydrazone groups is 1. The van der Waals surface area contributed by atoms with Crippen molar-refractivity contribution < 1.29 is 14.3 Å². The van der Waals surface area contributed by atoms with Crippen molar-refractivity contribution in [2.75, 3.05) is 42.4 Å². The Labute approximate surface area is 210 Å². The summed E-state index contributed by atoms with van der Waals surface area (Å²) in [6.07, 6.45) is 4.84. The van der Waals surface area contributed by atoms with Crippen LogP contribution in [0.3, 0.4) is 0 Å². The second-order valence-electron chi connectivity index (χ2n) is 8.81. The van der Waals surface area contributed by atoms with Gasteiger partial charge in [-0.15, -0.1) is 0 Å². The molecule has 2 fully saturated rings. The van der Waals surface area contributed by atoms with Crippen molar-refractivity contribution in [3.8, 4) is 11.5 Å². The Hall–Kier alpha value is -2.32. The van der Waals surface area contributed by atoms with Crippen LogP contribution in [0.2, 0.25) is 0 Å². The number of carbonyl (C=O) groups excluding carboxylic acids is 1. The molecule has 0 aromatic heterocycles. The monoisotopic (exact) mass is 497 g/mol. The minimum atomic E-state index is -0.0168. The van der Waals surface area contributed by atoms with Crippen LogP contribution in [0.4, 0.5) is 10.5 Å². The Bertz CT molecular complexity index is 1030. The lowest BCUT2D eigenvalue weighted by Gasteiger charge is -2.29. The van der Waals surface area contributed by atoms with Crippen LogP contribution >= 0.6 is 23.5 Å². The molecule has 180 valence electrons. The van der Waals surface area contributed by atoms with Gasteiger partial charge >= 0.3 is 5.24 Å². The molecule has 0 N–H and O–H groups in total. The zero-order valence-corrected chi connectivity index (χ0v) is 21.2. The smallest absolute Gasteiger partial charge is 0.302 e. The molecule has 2 aromatic rings. The van der Waals surface area contributed by atoms with Crippen LogP contribution in [0.5, 0.6) is 11.5 Å². The number of benzene rings is 2. The van der Waals surface area contributed by atoms with Crippen LogP contribution in [0.1, 0.15) is 36.8 Å². The molecule has 0 bridgehead atoms. The minimum absolute atomic E-state index is 0.0168. The summed E-state index contributed by atoms with van der Waals surface area (Å²) in [6.45, 7) is 2.65. The molecule has 1 saturated heterocycles. The molecule has 3 aliphatic rings. The van der Waals surface area contributed by atoms with Crippen molar-refractivity contribution in [3.05, 3.63) is 53.6 Å². The fourth-order valence-corrected chi connectivity index (χ4v) is 6.24. The SMILES string of the molecule is COc1ccc(C2=NN(Cc3ccc(N4CCSCC4)cc3)C(=O)SC2)cc1OC1CCCC1. The lowest BCUT2D eigenvalue weighted by Crippen LogP contribution is -2.32. The molecule has 2 aliphatic heterocycles. The summed E-state index contributed by atoms with van der Waals surface area (Å²) >= 11 is 3.31. The number of rotatable bonds is 7. The zero-order chi connectivity index (χ0) is 23.3. The lowest BCUT2D eigenvalue weighted by molar-refractivity contribution is 0.201. The van der Waals surface area contributed by atoms with E-state index in [0.717, 1.165) is 54.3 Å². The summed E-state index contributed by atoms with van der Waals surface area (Å²) < 4.78 is 11.8. The first-order valence-corrected chi connectivity index (χ1v) is 14.1. The Morgan fingerprint density at radius 3 is 2.53 bits per heavy atom. The van der Waals surface area contributed by atoms with Gasteiger partial charge in [-0.2, -0.15) is 16.9 Å². The molecule has 1 amide bonds. The highest BCUT2D eigenvalue weighted by Gasteiger charge is 2.24. The van der Waals surface area contributed by atoms with Crippen LogP contribution in [0.15, 0.2) is 47.6 Å². The van der Waals surface area contributed by atoms with Crippen molar-refractivity contribution >= 4 is 40.2 Å². The molecular formula is C26H31N3O3S2. The van der Waals surface area contributed by atoms with Crippen LogP contribution in [-0.4, -0.2) is 59.5 Å². The van der Waals surface area contributed by atoms with E-state index in [1.807, 2.05) is 30.0 Å². The van der Waals surface area contributed by atoms with Gasteiger partial charge in [-0.3, -0.25) is 4.79 Å². The molecule has 2 aromatic carbocycles. The van der Waals surface area contributed by atoms with Gasteiger partial charge in [0.25, 0.3) is 0 Å². The van der Waals surface area contributed by atoms with Gasteiger partial charge in [0.1, 0.15) is 0 Å². The van der Waals surface area contributed by atoms with Gasteiger partial charge in [-0.05, 0) is 61.6 Å². The van der Waals surface area contributed by atoms with Crippen molar-refractivity contribution in [1.82, 2.24) is 5.01 Å². The number of anilines is 1. The average molecular weight is 498 g/mol. The number of nitrogens with zero attached hydrogens (tertiary/aromatic N) is 3. The fraction of sp³-hybridized carbons (Fsp3) is 0.462. The normalized spacial score (nSPS) is 19.3. The summed E-state index contributed by atoms with van der Waals surface area (Å²) in [5.74, 6) is 4.40. The Kier molecular flexibility index (Phi) is 7.54. The quantitative estimate of drug-likeness (QED) is 0.493. The highest BCUT2D eigenvalue weighted by atomic mass is 32.2. The summed E-state index contributed by atoms with van der Waals surface area (Å²) in [4.78, 5) is 15.0. The third-order valence-electron chi connectivity index (χ3n) is 6.52. The Morgan fingerprint density at radius 1 is 1.03 bits per heavy atom. The van der Waals surface area contributed by atoms with Gasteiger partial charge < -0.3 is 14.4 Å². The Balaban J connectivity index is 1.31. The molecule has 2 heterocycles. The second-order valence-corrected chi connectivity index (χ2v) is 11.0. The van der Waals surface area contributed by atoms with E-state index in [1.165, 1.54) is 41.8 Å². The van der Waals surface area contributed by atoms with Crippen molar-refractivity contribution in [2.45, 2.75) is 38.3 Å². The molecule has 1 saturated carbocycles. The van der Waals surface area contributed by atoms with Gasteiger partial charge in [-0.1, -0.05) is 23.9 Å². The summed E-state index contributed by atoms with van der Waals surface area (Å²) in [6, 6.07) is 14.5. The number of hydrogen-bond acceptors (Lipinski definition) is 7. The first kappa shape index (κ1) is 23.4. The van der Waals surface area contributed by atoms with E-state index in [1.54, 1.807) is 12.1 Å². The summed E-state index contributed by atoms with van der Waals surface area (Å²) in [5, 5.41) is 6.30. The predicted octanol–water partition coefficient (Wildman–Crippen LogP) is 5.64. The molecule has 0 unspecified atom stereocenters. The van der Waals surface area contributed by atoms with Crippen LogP contribution in [0, 0.1) is 0 Å². The van der Waals surface area contributed by atoms with Gasteiger partial charge in [0.2, 0.25) is 0 Å². The van der Waals surface area contributed by atoms with Crippen molar-refractivity contribution in [3.63, 3.8) is 0 Å². The fourth-order valence-electron chi connectivity index (χ4n) is 4.60. The number of thioether (sulfide) groups is 2. The van der Waals surface area contributed by atoms with E-state index in [2.05, 4.69) is 29.2 Å². The molecule has 34 heavy (non-hydrogen) atoms. The van der Waals surface area contributed by atoms with Crippen LogP contribution in [-0.2, 0) is 6.54 Å². The standard InChI is InChI=1S/C26H31N3O3S2/c1-31-24-11-8-20(16-25(24)32-22-4-2-3-5-22)23-18-34-26(30)29(27-23)17-19-6-9-21(10-7-19)28-12-14-33-15-13-28/h6-11,16,22H,2-5,12-15,17-18H2,1H3. The third kappa shape index (κ3) is 5.49.